The Hall–Kier alpha value is -5.30. The van der Waals surface area contributed by atoms with E-state index in [9.17, 15) is 14.4 Å². The number of aromatic nitrogens is 2. The number of carbonyl (C=O) groups is 3. The molecule has 0 spiro atoms. The summed E-state index contributed by atoms with van der Waals surface area (Å²) in [7, 11) is 3.10. The van der Waals surface area contributed by atoms with E-state index in [4.69, 9.17) is 36.4 Å². The number of carbonyl (C=O) groups excluding carboxylic acids is 3. The van der Waals surface area contributed by atoms with Crippen LogP contribution in [0.1, 0.15) is 36.5 Å². The van der Waals surface area contributed by atoms with Crippen LogP contribution in [0.5, 0.6) is 17.2 Å². The molecule has 0 radical (unpaired) electrons. The van der Waals surface area contributed by atoms with Gasteiger partial charge in [0.05, 0.1) is 24.7 Å². The van der Waals surface area contributed by atoms with E-state index in [1.807, 2.05) is 65.3 Å². The van der Waals surface area contributed by atoms with Crippen molar-refractivity contribution in [1.82, 2.24) is 19.8 Å². The minimum atomic E-state index is -0.520. The number of fused-ring (bicyclic) bond motifs is 1. The molecule has 6 rings (SSSR count). The third-order valence-corrected chi connectivity index (χ3v) is 9.94. The topological polar surface area (TPSA) is 126 Å². The summed E-state index contributed by atoms with van der Waals surface area (Å²) in [6.45, 7) is 4.43. The van der Waals surface area contributed by atoms with Crippen LogP contribution in [0.15, 0.2) is 72.8 Å². The molecule has 266 valence electrons. The van der Waals surface area contributed by atoms with Crippen LogP contribution in [0.25, 0.3) is 10.9 Å². The number of benzene rings is 3. The molecule has 1 unspecified atom stereocenters. The summed E-state index contributed by atoms with van der Waals surface area (Å²) in [5.41, 5.74) is 1.21. The van der Waals surface area contributed by atoms with Crippen molar-refractivity contribution in [2.75, 3.05) is 63.8 Å². The highest BCUT2D eigenvalue weighted by molar-refractivity contribution is 7.80. The number of hydrogen-bond acceptors (Lipinski definition) is 10. The maximum Gasteiger partial charge on any atom is 0.260 e. The van der Waals surface area contributed by atoms with Gasteiger partial charge in [-0.2, -0.15) is 4.98 Å². The fourth-order valence-electron chi connectivity index (χ4n) is 6.48. The first kappa shape index (κ1) is 35.5. The highest BCUT2D eigenvalue weighted by atomic mass is 32.1. The van der Waals surface area contributed by atoms with Gasteiger partial charge in [0.1, 0.15) is 17.6 Å². The molecule has 3 aromatic carbocycles. The van der Waals surface area contributed by atoms with Crippen LogP contribution in [-0.2, 0) is 9.59 Å². The van der Waals surface area contributed by atoms with Crippen molar-refractivity contribution in [2.45, 2.75) is 32.2 Å². The number of Topliss-reactive ketones (excluding diaryl/α,β-unsaturated/α-hetero) is 1. The Morgan fingerprint density at radius 1 is 0.902 bits per heavy atom. The maximum atomic E-state index is 14.0. The summed E-state index contributed by atoms with van der Waals surface area (Å²) in [6, 6.07) is 21.4. The average Bonchev–Trinajstić information content (AvgIpc) is 3.67. The van der Waals surface area contributed by atoms with Gasteiger partial charge < -0.3 is 34.2 Å². The summed E-state index contributed by atoms with van der Waals surface area (Å²) >= 11 is 5.87. The number of rotatable bonds is 12. The number of nitrogens with one attached hydrogen (secondary N) is 1. The van der Waals surface area contributed by atoms with Crippen LogP contribution in [-0.4, -0.2) is 102 Å². The number of likely N-dealkylation sites (tertiary alicyclic amines) is 1. The van der Waals surface area contributed by atoms with E-state index in [-0.39, 0.29) is 36.5 Å². The zero-order valence-electron chi connectivity index (χ0n) is 29.0. The number of para-hydroxylation sites is 1. The molecule has 12 nitrogen and oxygen atoms in total. The van der Waals surface area contributed by atoms with Crippen molar-refractivity contribution in [2.24, 2.45) is 5.92 Å². The van der Waals surface area contributed by atoms with E-state index in [2.05, 4.69) is 5.32 Å². The molecule has 0 aliphatic carbocycles. The Morgan fingerprint density at radius 2 is 1.57 bits per heavy atom. The van der Waals surface area contributed by atoms with Crippen LogP contribution in [0.2, 0.25) is 0 Å². The number of anilines is 2. The summed E-state index contributed by atoms with van der Waals surface area (Å²) in [5, 5.41) is 3.67. The molecule has 2 amide bonds. The lowest BCUT2D eigenvalue weighted by molar-refractivity contribution is -0.133. The number of thiocarbonyl (C=S) groups is 1. The van der Waals surface area contributed by atoms with Crippen molar-refractivity contribution in [3.8, 4) is 17.2 Å². The minimum Gasteiger partial charge on any atom is -0.493 e. The van der Waals surface area contributed by atoms with Gasteiger partial charge in [0.25, 0.3) is 5.91 Å². The monoisotopic (exact) mass is 710 g/mol. The largest absolute Gasteiger partial charge is 0.493 e. The molecule has 2 aliphatic heterocycles. The minimum absolute atomic E-state index is 0.0146. The Kier molecular flexibility index (Phi) is 11.2. The van der Waals surface area contributed by atoms with Gasteiger partial charge in [0, 0.05) is 62.1 Å². The second-order valence-corrected chi connectivity index (χ2v) is 13.1. The van der Waals surface area contributed by atoms with Crippen LogP contribution in [0.4, 0.5) is 11.8 Å². The lowest BCUT2D eigenvalue weighted by Crippen LogP contribution is -2.50. The summed E-state index contributed by atoms with van der Waals surface area (Å²) in [6.07, 6.45) is 1.66. The van der Waals surface area contributed by atoms with E-state index < -0.39 is 6.04 Å². The van der Waals surface area contributed by atoms with E-state index >= 15 is 0 Å². The van der Waals surface area contributed by atoms with Crippen molar-refractivity contribution < 1.29 is 28.6 Å². The quantitative estimate of drug-likeness (QED) is 0.158. The predicted octanol–water partition coefficient (Wildman–Crippen LogP) is 5.01. The van der Waals surface area contributed by atoms with Crippen LogP contribution in [0, 0.1) is 5.92 Å². The first-order valence-corrected chi connectivity index (χ1v) is 17.5. The Balaban J connectivity index is 1.18. The number of piperazine rings is 1. The first-order chi connectivity index (χ1) is 24.7. The predicted molar refractivity (Wildman–Crippen MR) is 199 cm³/mol. The molecule has 3 heterocycles. The lowest BCUT2D eigenvalue weighted by Gasteiger charge is -2.35. The zero-order chi connectivity index (χ0) is 35.9. The molecule has 1 N–H and O–H groups in total. The zero-order valence-corrected chi connectivity index (χ0v) is 29.9. The van der Waals surface area contributed by atoms with Gasteiger partial charge in [-0.1, -0.05) is 67.7 Å². The molecule has 4 aromatic rings. The molecule has 13 heteroatoms. The van der Waals surface area contributed by atoms with Crippen molar-refractivity contribution in [1.29, 1.82) is 0 Å². The summed E-state index contributed by atoms with van der Waals surface area (Å²) < 4.78 is 16.8. The van der Waals surface area contributed by atoms with Gasteiger partial charge in [-0.3, -0.25) is 14.4 Å². The van der Waals surface area contributed by atoms with Crippen molar-refractivity contribution >= 4 is 57.5 Å². The number of ketones is 1. The normalized spacial score (nSPS) is 16.5. The standard InChI is InChI=1S/C38H42N6O6S/c1-25(21-31(45)26-11-6-4-7-12-26)37(51)44-16-10-15-30(44)36(47)40-35-28-22-32(48-2)33(49-3)23-29(28)39-38(41-35)43-19-17-42(18-20-43)34(46)24-50-27-13-8-5-9-14-27/h4-9,11-14,22-23,25,30H,10,15-21,24H2,1-3H3,(H,39,40,41,47)/t25?,30-/m1/s1. The number of amides is 2. The summed E-state index contributed by atoms with van der Waals surface area (Å²) in [4.78, 5) is 55.9. The van der Waals surface area contributed by atoms with Crippen molar-refractivity contribution in [3.05, 3.63) is 78.4 Å². The molecule has 0 saturated carbocycles. The molecular formula is C38H42N6O6S. The Morgan fingerprint density at radius 3 is 2.25 bits per heavy atom. The third kappa shape index (κ3) is 8.20. The SMILES string of the molecule is COc1cc2nc(N3CCN(C(=O)COc4ccccc4)CC3)nc(NC(=O)[C@H]3CCCN3C(=S)C(C)CC(=O)c3ccccc3)c2cc1OC. The van der Waals surface area contributed by atoms with E-state index in [0.717, 1.165) is 6.42 Å². The van der Waals surface area contributed by atoms with Gasteiger partial charge >= 0.3 is 0 Å². The van der Waals surface area contributed by atoms with Gasteiger partial charge in [-0.05, 0) is 31.0 Å². The number of nitrogens with zero attached hydrogens (tertiary/aromatic N) is 5. The highest BCUT2D eigenvalue weighted by Gasteiger charge is 2.35. The lowest BCUT2D eigenvalue weighted by atomic mass is 9.99. The molecule has 2 saturated heterocycles. The van der Waals surface area contributed by atoms with Gasteiger partial charge in [0.15, 0.2) is 23.9 Å². The molecule has 2 aliphatic rings. The molecule has 2 atom stereocenters. The van der Waals surface area contributed by atoms with Crippen LogP contribution < -0.4 is 24.4 Å². The Labute approximate surface area is 302 Å². The fraction of sp³-hybridized carbons (Fsp3) is 0.368. The molecule has 1 aromatic heterocycles. The first-order valence-electron chi connectivity index (χ1n) is 17.1. The number of ether oxygens (including phenoxy) is 3. The number of hydrogen-bond donors (Lipinski definition) is 1. The van der Waals surface area contributed by atoms with E-state index in [0.29, 0.717) is 89.6 Å². The van der Waals surface area contributed by atoms with Gasteiger partial charge in [0.2, 0.25) is 11.9 Å². The molecular weight excluding hydrogens is 669 g/mol. The number of methoxy groups -OCH3 is 2. The highest BCUT2D eigenvalue weighted by Crippen LogP contribution is 2.36. The second-order valence-electron chi connectivity index (χ2n) is 12.6. The average molecular weight is 711 g/mol. The van der Waals surface area contributed by atoms with Crippen LogP contribution >= 0.6 is 12.2 Å². The Bertz CT molecular complexity index is 1890. The van der Waals surface area contributed by atoms with Gasteiger partial charge in [-0.15, -0.1) is 0 Å². The third-order valence-electron chi connectivity index (χ3n) is 9.30. The molecule has 2 fully saturated rings. The van der Waals surface area contributed by atoms with E-state index in [1.165, 1.54) is 0 Å². The fourth-order valence-corrected chi connectivity index (χ4v) is 6.78. The van der Waals surface area contributed by atoms with Crippen LogP contribution in [0.3, 0.4) is 0 Å². The van der Waals surface area contributed by atoms with Crippen molar-refractivity contribution in [3.63, 3.8) is 0 Å². The molecule has 51 heavy (non-hydrogen) atoms. The maximum absolute atomic E-state index is 14.0. The molecule has 0 bridgehead atoms. The second kappa shape index (κ2) is 16.2. The van der Waals surface area contributed by atoms with E-state index in [1.54, 1.807) is 43.4 Å². The summed E-state index contributed by atoms with van der Waals surface area (Å²) in [5.74, 6) is 1.82. The smallest absolute Gasteiger partial charge is 0.260 e. The van der Waals surface area contributed by atoms with Gasteiger partial charge in [-0.25, -0.2) is 4.98 Å².